The summed E-state index contributed by atoms with van der Waals surface area (Å²) in [5.41, 5.74) is 0. The van der Waals surface area contributed by atoms with Crippen molar-refractivity contribution in [3.63, 3.8) is 0 Å². The van der Waals surface area contributed by atoms with Gasteiger partial charge in [-0.1, -0.05) is 15.9 Å². The lowest BCUT2D eigenvalue weighted by atomic mass is 10.4. The molecule has 0 amide bonds. The van der Waals surface area contributed by atoms with Crippen LogP contribution in [0.5, 0.6) is 5.75 Å². The second-order valence-corrected chi connectivity index (χ2v) is 3.12. The Morgan fingerprint density at radius 3 is 3.08 bits per heavy atom. The normalized spacial score (nSPS) is 12.9. The molecule has 1 heterocycles. The van der Waals surface area contributed by atoms with Crippen molar-refractivity contribution >= 4 is 15.9 Å². The number of aliphatic hydroxyl groups is 1. The van der Waals surface area contributed by atoms with E-state index in [0.717, 1.165) is 0 Å². The minimum atomic E-state index is -0.467. The molecule has 5 heteroatoms. The molecule has 4 nitrogen and oxygen atoms in total. The van der Waals surface area contributed by atoms with Gasteiger partial charge in [0.25, 0.3) is 0 Å². The summed E-state index contributed by atoms with van der Waals surface area (Å²) in [6, 6.07) is 0. The molecule has 0 aliphatic carbocycles. The highest BCUT2D eigenvalue weighted by Crippen LogP contribution is 2.07. The molecule has 1 rings (SSSR count). The highest BCUT2D eigenvalue weighted by Gasteiger charge is 2.03. The van der Waals surface area contributed by atoms with Crippen molar-refractivity contribution in [2.75, 3.05) is 11.9 Å². The van der Waals surface area contributed by atoms with Crippen LogP contribution >= 0.6 is 15.9 Å². The average molecular weight is 235 g/mol. The molecule has 68 valence electrons. The molecule has 0 saturated heterocycles. The number of aromatic nitrogens is 2. The predicted octanol–water partition coefficient (Wildman–Crippen LogP) is 0.555. The number of nitrogens with zero attached hydrogens (tertiary/aromatic N) is 2. The van der Waals surface area contributed by atoms with E-state index in [4.69, 9.17) is 9.84 Å². The quantitative estimate of drug-likeness (QED) is 0.775. The largest absolute Gasteiger partial charge is 0.488 e. The van der Waals surface area contributed by atoms with E-state index in [2.05, 4.69) is 21.0 Å². The minimum absolute atomic E-state index is 0.289. The fourth-order valence-corrected chi connectivity index (χ4v) is 0.897. The van der Waals surface area contributed by atoms with E-state index in [1.165, 1.54) is 0 Å². The first-order chi connectivity index (χ1) is 5.72. The molecule has 0 radical (unpaired) electrons. The molecule has 1 aromatic rings. The third-order valence-electron chi connectivity index (χ3n) is 1.30. The molecular formula is C7H11BrN2O2. The van der Waals surface area contributed by atoms with Gasteiger partial charge in [-0.25, -0.2) is 0 Å². The molecule has 0 spiro atoms. The van der Waals surface area contributed by atoms with E-state index in [0.29, 0.717) is 11.1 Å². The van der Waals surface area contributed by atoms with Crippen LogP contribution in [0.15, 0.2) is 12.4 Å². The van der Waals surface area contributed by atoms with Gasteiger partial charge in [0.15, 0.2) is 5.75 Å². The third kappa shape index (κ3) is 2.83. The maximum absolute atomic E-state index is 9.13. The molecule has 0 aliphatic rings. The van der Waals surface area contributed by atoms with Crippen LogP contribution < -0.4 is 4.74 Å². The summed E-state index contributed by atoms with van der Waals surface area (Å²) < 4.78 is 6.86. The topological polar surface area (TPSA) is 47.3 Å². The second kappa shape index (κ2) is 4.47. The summed E-state index contributed by atoms with van der Waals surface area (Å²) in [5, 5.41) is 13.6. The van der Waals surface area contributed by atoms with Crippen molar-refractivity contribution in [1.82, 2.24) is 9.78 Å². The maximum atomic E-state index is 9.13. The number of rotatable bonds is 4. The zero-order valence-electron chi connectivity index (χ0n) is 6.77. The first-order valence-electron chi connectivity index (χ1n) is 3.58. The molecule has 1 aromatic heterocycles. The van der Waals surface area contributed by atoms with Gasteiger partial charge >= 0.3 is 0 Å². The van der Waals surface area contributed by atoms with E-state index in [1.807, 2.05) is 7.05 Å². The summed E-state index contributed by atoms with van der Waals surface area (Å²) in [4.78, 5) is 0. The summed E-state index contributed by atoms with van der Waals surface area (Å²) >= 11 is 3.14. The van der Waals surface area contributed by atoms with Gasteiger partial charge in [-0.2, -0.15) is 5.10 Å². The summed E-state index contributed by atoms with van der Waals surface area (Å²) in [6.45, 7) is 0.289. The predicted molar refractivity (Wildman–Crippen MR) is 48.5 cm³/mol. The number of halogens is 1. The van der Waals surface area contributed by atoms with Gasteiger partial charge in [0.05, 0.1) is 18.5 Å². The molecular weight excluding hydrogens is 224 g/mol. The van der Waals surface area contributed by atoms with Crippen LogP contribution in [0.4, 0.5) is 0 Å². The third-order valence-corrected chi connectivity index (χ3v) is 2.05. The summed E-state index contributed by atoms with van der Waals surface area (Å²) in [7, 11) is 1.81. The van der Waals surface area contributed by atoms with Crippen molar-refractivity contribution in [1.29, 1.82) is 0 Å². The zero-order chi connectivity index (χ0) is 8.97. The fourth-order valence-electron chi connectivity index (χ4n) is 0.710. The van der Waals surface area contributed by atoms with Gasteiger partial charge in [-0.3, -0.25) is 4.68 Å². The second-order valence-electron chi connectivity index (χ2n) is 2.47. The van der Waals surface area contributed by atoms with Crippen LogP contribution in [0.3, 0.4) is 0 Å². The number of aryl methyl sites for hydroxylation is 1. The molecule has 0 fully saturated rings. The number of alkyl halides is 1. The van der Waals surface area contributed by atoms with Crippen LogP contribution in [0.1, 0.15) is 0 Å². The van der Waals surface area contributed by atoms with Gasteiger partial charge in [-0.15, -0.1) is 0 Å². The van der Waals surface area contributed by atoms with Crippen molar-refractivity contribution in [2.24, 2.45) is 7.05 Å². The number of hydrogen-bond donors (Lipinski definition) is 1. The average Bonchev–Trinajstić information content (AvgIpc) is 2.47. The van der Waals surface area contributed by atoms with Crippen LogP contribution in [-0.2, 0) is 7.05 Å². The minimum Gasteiger partial charge on any atom is -0.488 e. The van der Waals surface area contributed by atoms with Crippen molar-refractivity contribution in [2.45, 2.75) is 6.10 Å². The highest BCUT2D eigenvalue weighted by molar-refractivity contribution is 9.09. The molecule has 1 atom stereocenters. The van der Waals surface area contributed by atoms with Crippen molar-refractivity contribution in [3.05, 3.63) is 12.4 Å². The standard InChI is InChI=1S/C7H11BrN2O2/c1-10-4-7(3-9-10)12-5-6(11)2-8/h3-4,6,11H,2,5H2,1H3. The SMILES string of the molecule is Cn1cc(OCC(O)CBr)cn1. The molecule has 0 bridgehead atoms. The van der Waals surface area contributed by atoms with E-state index in [-0.39, 0.29) is 6.61 Å². The Morgan fingerprint density at radius 2 is 2.58 bits per heavy atom. The highest BCUT2D eigenvalue weighted by atomic mass is 79.9. The van der Waals surface area contributed by atoms with E-state index < -0.39 is 6.10 Å². The van der Waals surface area contributed by atoms with Gasteiger partial charge in [-0.05, 0) is 0 Å². The molecule has 0 aromatic carbocycles. The number of aliphatic hydroxyl groups excluding tert-OH is 1. The Balaban J connectivity index is 2.33. The van der Waals surface area contributed by atoms with Gasteiger partial charge < -0.3 is 9.84 Å². The first kappa shape index (κ1) is 9.54. The van der Waals surface area contributed by atoms with Gasteiger partial charge in [0, 0.05) is 12.4 Å². The van der Waals surface area contributed by atoms with E-state index in [1.54, 1.807) is 17.1 Å². The van der Waals surface area contributed by atoms with Crippen LogP contribution in [-0.4, -0.2) is 32.9 Å². The van der Waals surface area contributed by atoms with Crippen LogP contribution in [0.25, 0.3) is 0 Å². The lowest BCUT2D eigenvalue weighted by Gasteiger charge is -2.06. The maximum Gasteiger partial charge on any atom is 0.157 e. The van der Waals surface area contributed by atoms with Gasteiger partial charge in [0.2, 0.25) is 0 Å². The summed E-state index contributed by atoms with van der Waals surface area (Å²) in [6.07, 6.45) is 2.90. The number of ether oxygens (including phenoxy) is 1. The number of hydrogen-bond acceptors (Lipinski definition) is 3. The van der Waals surface area contributed by atoms with E-state index >= 15 is 0 Å². The molecule has 0 saturated carbocycles. The van der Waals surface area contributed by atoms with Gasteiger partial charge in [0.1, 0.15) is 6.61 Å². The fraction of sp³-hybridized carbons (Fsp3) is 0.571. The Hall–Kier alpha value is -0.550. The van der Waals surface area contributed by atoms with Crippen molar-refractivity contribution in [3.8, 4) is 5.75 Å². The molecule has 1 unspecified atom stereocenters. The molecule has 1 N–H and O–H groups in total. The Morgan fingerprint density at radius 1 is 1.83 bits per heavy atom. The Labute approximate surface area is 79.3 Å². The first-order valence-corrected chi connectivity index (χ1v) is 4.70. The molecule has 0 aliphatic heterocycles. The zero-order valence-corrected chi connectivity index (χ0v) is 8.36. The smallest absolute Gasteiger partial charge is 0.157 e. The lowest BCUT2D eigenvalue weighted by molar-refractivity contribution is 0.127. The van der Waals surface area contributed by atoms with E-state index in [9.17, 15) is 0 Å². The summed E-state index contributed by atoms with van der Waals surface area (Å²) in [5.74, 6) is 0.678. The molecule has 12 heavy (non-hydrogen) atoms. The monoisotopic (exact) mass is 234 g/mol. The lowest BCUT2D eigenvalue weighted by Crippen LogP contribution is -2.18. The Bertz CT molecular complexity index is 239. The van der Waals surface area contributed by atoms with Crippen molar-refractivity contribution < 1.29 is 9.84 Å². The van der Waals surface area contributed by atoms with Crippen LogP contribution in [0, 0.1) is 0 Å². The Kier molecular flexibility index (Phi) is 3.55. The van der Waals surface area contributed by atoms with Crippen LogP contribution in [0.2, 0.25) is 0 Å².